The van der Waals surface area contributed by atoms with Gasteiger partial charge >= 0.3 is 0 Å². The van der Waals surface area contributed by atoms with E-state index in [0.29, 0.717) is 5.02 Å². The SMILES string of the molecule is Cc1ccc(-c2nc3ccc(Cl)cc3n2C(C)C)cc1O. The first kappa shape index (κ1) is 14.0. The molecule has 0 aliphatic rings. The Balaban J connectivity index is 2.30. The lowest BCUT2D eigenvalue weighted by molar-refractivity contribution is 0.471. The number of aromatic nitrogens is 2. The van der Waals surface area contributed by atoms with Crippen LogP contribution in [0.25, 0.3) is 22.4 Å². The molecular weight excluding hydrogens is 284 g/mol. The van der Waals surface area contributed by atoms with Crippen LogP contribution in [-0.4, -0.2) is 14.7 Å². The van der Waals surface area contributed by atoms with Crippen molar-refractivity contribution in [2.45, 2.75) is 26.8 Å². The Bertz CT molecular complexity index is 821. The molecule has 0 atom stereocenters. The fraction of sp³-hybridized carbons (Fsp3) is 0.235. The second-order valence-corrected chi connectivity index (χ2v) is 5.97. The third kappa shape index (κ3) is 2.38. The number of benzene rings is 2. The predicted molar refractivity (Wildman–Crippen MR) is 87.0 cm³/mol. The third-order valence-corrected chi connectivity index (χ3v) is 3.87. The molecule has 3 rings (SSSR count). The van der Waals surface area contributed by atoms with Crippen LogP contribution in [0.15, 0.2) is 36.4 Å². The van der Waals surface area contributed by atoms with Crippen molar-refractivity contribution in [3.63, 3.8) is 0 Å². The number of hydrogen-bond acceptors (Lipinski definition) is 2. The van der Waals surface area contributed by atoms with Gasteiger partial charge in [0, 0.05) is 16.6 Å². The van der Waals surface area contributed by atoms with Crippen LogP contribution in [0.3, 0.4) is 0 Å². The lowest BCUT2D eigenvalue weighted by Gasteiger charge is -2.13. The average molecular weight is 301 g/mol. The van der Waals surface area contributed by atoms with Crippen LogP contribution >= 0.6 is 11.6 Å². The van der Waals surface area contributed by atoms with Crippen LogP contribution in [0.2, 0.25) is 5.02 Å². The van der Waals surface area contributed by atoms with Gasteiger partial charge in [-0.25, -0.2) is 4.98 Å². The summed E-state index contributed by atoms with van der Waals surface area (Å²) in [5.74, 6) is 1.13. The number of hydrogen-bond donors (Lipinski definition) is 1. The number of aryl methyl sites for hydroxylation is 1. The topological polar surface area (TPSA) is 38.0 Å². The molecule has 2 aromatic carbocycles. The van der Waals surface area contributed by atoms with E-state index in [2.05, 4.69) is 18.4 Å². The molecule has 0 aliphatic carbocycles. The fourth-order valence-corrected chi connectivity index (χ4v) is 2.71. The Labute approximate surface area is 128 Å². The van der Waals surface area contributed by atoms with Crippen molar-refractivity contribution in [1.29, 1.82) is 0 Å². The van der Waals surface area contributed by atoms with E-state index in [1.165, 1.54) is 0 Å². The summed E-state index contributed by atoms with van der Waals surface area (Å²) in [6.45, 7) is 6.10. The Morgan fingerprint density at radius 3 is 2.57 bits per heavy atom. The Hall–Kier alpha value is -2.00. The Morgan fingerprint density at radius 2 is 1.90 bits per heavy atom. The largest absolute Gasteiger partial charge is 0.508 e. The van der Waals surface area contributed by atoms with Gasteiger partial charge in [0.2, 0.25) is 0 Å². The van der Waals surface area contributed by atoms with Gasteiger partial charge in [-0.15, -0.1) is 0 Å². The highest BCUT2D eigenvalue weighted by Crippen LogP contribution is 2.32. The van der Waals surface area contributed by atoms with Crippen LogP contribution in [0, 0.1) is 6.92 Å². The van der Waals surface area contributed by atoms with Gasteiger partial charge in [0.15, 0.2) is 0 Å². The molecule has 0 aliphatic heterocycles. The van der Waals surface area contributed by atoms with E-state index in [-0.39, 0.29) is 11.8 Å². The summed E-state index contributed by atoms with van der Waals surface area (Å²) in [7, 11) is 0. The maximum absolute atomic E-state index is 9.95. The normalized spacial score (nSPS) is 11.5. The number of phenols is 1. The highest BCUT2D eigenvalue weighted by atomic mass is 35.5. The molecule has 1 N–H and O–H groups in total. The van der Waals surface area contributed by atoms with Gasteiger partial charge in [-0.05, 0) is 50.6 Å². The van der Waals surface area contributed by atoms with Crippen molar-refractivity contribution in [2.75, 3.05) is 0 Å². The Kier molecular flexibility index (Phi) is 3.38. The summed E-state index contributed by atoms with van der Waals surface area (Å²) < 4.78 is 2.14. The van der Waals surface area contributed by atoms with Crippen molar-refractivity contribution < 1.29 is 5.11 Å². The van der Waals surface area contributed by atoms with E-state index in [1.54, 1.807) is 6.07 Å². The standard InChI is InChI=1S/C17H17ClN2O/c1-10(2)20-15-9-13(18)6-7-14(15)19-17(20)12-5-4-11(3)16(21)8-12/h4-10,21H,1-3H3. The number of fused-ring (bicyclic) bond motifs is 1. The molecule has 0 unspecified atom stereocenters. The maximum Gasteiger partial charge on any atom is 0.141 e. The first-order valence-corrected chi connectivity index (χ1v) is 7.32. The van der Waals surface area contributed by atoms with Gasteiger partial charge in [0.05, 0.1) is 11.0 Å². The molecule has 3 nitrogen and oxygen atoms in total. The highest BCUT2D eigenvalue weighted by Gasteiger charge is 2.16. The van der Waals surface area contributed by atoms with Crippen molar-refractivity contribution in [2.24, 2.45) is 0 Å². The van der Waals surface area contributed by atoms with Crippen molar-refractivity contribution in [3.05, 3.63) is 47.0 Å². The number of imidazole rings is 1. The minimum absolute atomic E-state index is 0.243. The minimum Gasteiger partial charge on any atom is -0.508 e. The zero-order valence-corrected chi connectivity index (χ0v) is 13.0. The summed E-state index contributed by atoms with van der Waals surface area (Å²) in [6.07, 6.45) is 0. The molecule has 0 fully saturated rings. The van der Waals surface area contributed by atoms with Crippen LogP contribution in [0.4, 0.5) is 0 Å². The molecule has 1 aromatic heterocycles. The van der Waals surface area contributed by atoms with Crippen molar-refractivity contribution in [3.8, 4) is 17.1 Å². The minimum atomic E-state index is 0.243. The van der Waals surface area contributed by atoms with Gasteiger partial charge in [0.25, 0.3) is 0 Å². The summed E-state index contributed by atoms with van der Waals surface area (Å²) in [5, 5.41) is 10.6. The average Bonchev–Trinajstić information content (AvgIpc) is 2.80. The van der Waals surface area contributed by atoms with Crippen LogP contribution in [-0.2, 0) is 0 Å². The lowest BCUT2D eigenvalue weighted by Crippen LogP contribution is -2.03. The first-order valence-electron chi connectivity index (χ1n) is 6.95. The van der Waals surface area contributed by atoms with E-state index in [1.807, 2.05) is 37.3 Å². The van der Waals surface area contributed by atoms with E-state index in [9.17, 15) is 5.11 Å². The molecule has 108 valence electrons. The van der Waals surface area contributed by atoms with E-state index in [4.69, 9.17) is 16.6 Å². The number of aromatic hydroxyl groups is 1. The van der Waals surface area contributed by atoms with Gasteiger partial charge in [-0.2, -0.15) is 0 Å². The molecule has 0 saturated heterocycles. The fourth-order valence-electron chi connectivity index (χ4n) is 2.54. The molecule has 1 heterocycles. The van der Waals surface area contributed by atoms with E-state index >= 15 is 0 Å². The van der Waals surface area contributed by atoms with E-state index < -0.39 is 0 Å². The molecule has 0 bridgehead atoms. The smallest absolute Gasteiger partial charge is 0.141 e. The molecule has 0 spiro atoms. The summed E-state index contributed by atoms with van der Waals surface area (Å²) in [4.78, 5) is 4.71. The molecule has 4 heteroatoms. The molecule has 3 aromatic rings. The third-order valence-electron chi connectivity index (χ3n) is 3.64. The zero-order valence-electron chi connectivity index (χ0n) is 12.3. The zero-order chi connectivity index (χ0) is 15.1. The van der Waals surface area contributed by atoms with Crippen molar-refractivity contribution in [1.82, 2.24) is 9.55 Å². The van der Waals surface area contributed by atoms with Crippen molar-refractivity contribution >= 4 is 22.6 Å². The molecule has 21 heavy (non-hydrogen) atoms. The summed E-state index contributed by atoms with van der Waals surface area (Å²) >= 11 is 6.12. The Morgan fingerprint density at radius 1 is 1.14 bits per heavy atom. The number of phenolic OH excluding ortho intramolecular Hbond substituents is 1. The van der Waals surface area contributed by atoms with E-state index in [0.717, 1.165) is 28.0 Å². The second kappa shape index (κ2) is 5.08. The van der Waals surface area contributed by atoms with Gasteiger partial charge in [-0.1, -0.05) is 23.7 Å². The number of rotatable bonds is 2. The first-order chi connectivity index (χ1) is 9.97. The van der Waals surface area contributed by atoms with Crippen LogP contribution < -0.4 is 0 Å². The quantitative estimate of drug-likeness (QED) is 0.727. The second-order valence-electron chi connectivity index (χ2n) is 5.53. The molecule has 0 radical (unpaired) electrons. The predicted octanol–water partition coefficient (Wildman–Crippen LogP) is 4.95. The maximum atomic E-state index is 9.95. The molecular formula is C17H17ClN2O. The molecule has 0 saturated carbocycles. The van der Waals surface area contributed by atoms with Gasteiger partial charge < -0.3 is 9.67 Å². The summed E-state index contributed by atoms with van der Waals surface area (Å²) in [5.41, 5.74) is 3.67. The summed E-state index contributed by atoms with van der Waals surface area (Å²) in [6, 6.07) is 11.6. The highest BCUT2D eigenvalue weighted by molar-refractivity contribution is 6.31. The lowest BCUT2D eigenvalue weighted by atomic mass is 10.1. The van der Waals surface area contributed by atoms with Crippen LogP contribution in [0.1, 0.15) is 25.5 Å². The number of nitrogens with zero attached hydrogens (tertiary/aromatic N) is 2. The van der Waals surface area contributed by atoms with Gasteiger partial charge in [0.1, 0.15) is 11.6 Å². The monoisotopic (exact) mass is 300 g/mol. The number of halogens is 1. The molecule has 0 amide bonds. The van der Waals surface area contributed by atoms with Gasteiger partial charge in [-0.3, -0.25) is 0 Å². The van der Waals surface area contributed by atoms with Crippen LogP contribution in [0.5, 0.6) is 5.75 Å².